The highest BCUT2D eigenvalue weighted by atomic mass is 16.5. The van der Waals surface area contributed by atoms with Crippen molar-refractivity contribution in [3.8, 4) is 16.9 Å². The van der Waals surface area contributed by atoms with Crippen molar-refractivity contribution in [2.45, 2.75) is 31.2 Å². The summed E-state index contributed by atoms with van der Waals surface area (Å²) in [5.41, 5.74) is 5.51. The predicted molar refractivity (Wildman–Crippen MR) is 116 cm³/mol. The largest absolute Gasteiger partial charge is 0.493 e. The lowest BCUT2D eigenvalue weighted by Gasteiger charge is -2.26. The molecule has 2 N–H and O–H groups in total. The highest BCUT2D eigenvalue weighted by Crippen LogP contribution is 2.41. The van der Waals surface area contributed by atoms with Crippen LogP contribution < -0.4 is 15.0 Å². The summed E-state index contributed by atoms with van der Waals surface area (Å²) in [5.74, 6) is 1.69. The van der Waals surface area contributed by atoms with Crippen LogP contribution in [0, 0.1) is 5.92 Å². The number of H-pyrrole nitrogens is 1. The molecule has 0 radical (unpaired) electrons. The van der Waals surface area contributed by atoms with E-state index in [9.17, 15) is 0 Å². The molecule has 1 aliphatic carbocycles. The van der Waals surface area contributed by atoms with Crippen LogP contribution in [0.25, 0.3) is 11.1 Å². The van der Waals surface area contributed by atoms with Crippen LogP contribution in [0.1, 0.15) is 26.2 Å². The summed E-state index contributed by atoms with van der Waals surface area (Å²) in [7, 11) is 0. The SMILES string of the molecule is [2H]C1N(c2ccc(-c3cn[nH]c3)cc2)CCC12Cc1ccc(OCC3CC3)cc1N2. The third-order valence-electron chi connectivity index (χ3n) is 6.39. The second kappa shape index (κ2) is 6.55. The molecule has 1 aromatic heterocycles. The summed E-state index contributed by atoms with van der Waals surface area (Å²) < 4.78 is 15.0. The number of nitrogens with zero attached hydrogens (tertiary/aromatic N) is 2. The Kier molecular flexibility index (Phi) is 3.59. The van der Waals surface area contributed by atoms with Gasteiger partial charge in [-0.3, -0.25) is 5.10 Å². The molecule has 2 aliphatic heterocycles. The number of hydrogen-bond acceptors (Lipinski definition) is 4. The molecule has 3 aromatic rings. The van der Waals surface area contributed by atoms with Crippen LogP contribution in [0.4, 0.5) is 11.4 Å². The zero-order valence-electron chi connectivity index (χ0n) is 17.4. The maximum Gasteiger partial charge on any atom is 0.121 e. The van der Waals surface area contributed by atoms with E-state index < -0.39 is 0 Å². The molecule has 6 rings (SSSR count). The fourth-order valence-electron chi connectivity index (χ4n) is 4.50. The summed E-state index contributed by atoms with van der Waals surface area (Å²) >= 11 is 0. The molecule has 1 saturated carbocycles. The van der Waals surface area contributed by atoms with Crippen molar-refractivity contribution in [1.82, 2.24) is 10.2 Å². The fourth-order valence-corrected chi connectivity index (χ4v) is 4.50. The first-order chi connectivity index (χ1) is 14.7. The predicted octanol–water partition coefficient (Wildman–Crippen LogP) is 4.48. The highest BCUT2D eigenvalue weighted by Gasteiger charge is 2.42. The molecule has 5 nitrogen and oxygen atoms in total. The van der Waals surface area contributed by atoms with Crippen molar-refractivity contribution < 1.29 is 6.11 Å². The van der Waals surface area contributed by atoms with Crippen molar-refractivity contribution in [2.75, 3.05) is 29.9 Å². The van der Waals surface area contributed by atoms with Gasteiger partial charge in [0.1, 0.15) is 5.75 Å². The van der Waals surface area contributed by atoms with Crippen LogP contribution in [-0.4, -0.2) is 35.4 Å². The molecule has 2 fully saturated rings. The number of anilines is 2. The Labute approximate surface area is 172 Å². The van der Waals surface area contributed by atoms with Gasteiger partial charge in [0.05, 0.1) is 19.7 Å². The maximum absolute atomic E-state index is 9.06. The van der Waals surface area contributed by atoms with Gasteiger partial charge in [0.15, 0.2) is 0 Å². The van der Waals surface area contributed by atoms with Gasteiger partial charge in [0, 0.05) is 42.3 Å². The number of fused-ring (bicyclic) bond motifs is 1. The van der Waals surface area contributed by atoms with Crippen LogP contribution in [0.15, 0.2) is 54.9 Å². The van der Waals surface area contributed by atoms with E-state index in [1.165, 1.54) is 18.4 Å². The molecule has 2 aromatic carbocycles. The van der Waals surface area contributed by atoms with Gasteiger partial charge in [-0.15, -0.1) is 0 Å². The van der Waals surface area contributed by atoms with Crippen molar-refractivity contribution in [3.05, 3.63) is 60.4 Å². The summed E-state index contributed by atoms with van der Waals surface area (Å²) in [5, 5.41) is 10.6. The van der Waals surface area contributed by atoms with Crippen LogP contribution in [0.5, 0.6) is 5.75 Å². The van der Waals surface area contributed by atoms with Gasteiger partial charge in [-0.2, -0.15) is 5.10 Å². The minimum absolute atomic E-state index is 0.235. The minimum atomic E-state index is -0.333. The smallest absolute Gasteiger partial charge is 0.121 e. The fraction of sp³-hybridized carbons (Fsp3) is 0.375. The van der Waals surface area contributed by atoms with E-state index in [4.69, 9.17) is 6.11 Å². The Morgan fingerprint density at radius 2 is 2.07 bits per heavy atom. The zero-order chi connectivity index (χ0) is 20.1. The van der Waals surface area contributed by atoms with E-state index in [1.54, 1.807) is 0 Å². The molecule has 3 heterocycles. The average Bonchev–Trinajstić information content (AvgIpc) is 3.17. The van der Waals surface area contributed by atoms with Crippen molar-refractivity contribution in [3.63, 3.8) is 0 Å². The standard InChI is InChI=1S/C24H26N4O/c1-2-17(1)15-29-22-8-5-19-12-24(27-23(19)11-22)9-10-28(16-24)21-6-3-18(4-7-21)20-13-25-26-14-20/h3-8,11,13-14,17,27H,1-2,9-10,12,15-16H2,(H,25,26)/i16D. The van der Waals surface area contributed by atoms with Crippen molar-refractivity contribution in [1.29, 1.82) is 0 Å². The van der Waals surface area contributed by atoms with Crippen molar-refractivity contribution in [2.24, 2.45) is 5.92 Å². The zero-order valence-corrected chi connectivity index (χ0v) is 16.4. The molecule has 5 heteroatoms. The highest BCUT2D eigenvalue weighted by molar-refractivity contribution is 5.67. The Morgan fingerprint density at radius 1 is 1.17 bits per heavy atom. The molecule has 2 atom stereocenters. The monoisotopic (exact) mass is 387 g/mol. The Morgan fingerprint density at radius 3 is 2.86 bits per heavy atom. The summed E-state index contributed by atoms with van der Waals surface area (Å²) in [6.07, 6.45) is 8.17. The van der Waals surface area contributed by atoms with Gasteiger partial charge in [-0.1, -0.05) is 18.2 Å². The number of benzene rings is 2. The second-order valence-electron chi connectivity index (χ2n) is 8.64. The molecular formula is C24H26N4O. The number of nitrogens with one attached hydrogen (secondary N) is 2. The molecule has 0 bridgehead atoms. The van der Waals surface area contributed by atoms with Crippen LogP contribution >= 0.6 is 0 Å². The van der Waals surface area contributed by atoms with Gasteiger partial charge >= 0.3 is 0 Å². The molecule has 2 unspecified atom stereocenters. The number of hydrogen-bond donors (Lipinski definition) is 2. The third-order valence-corrected chi connectivity index (χ3v) is 6.39. The van der Waals surface area contributed by atoms with Gasteiger partial charge in [-0.25, -0.2) is 0 Å². The number of aromatic amines is 1. The first-order valence-electron chi connectivity index (χ1n) is 11.1. The van der Waals surface area contributed by atoms with Crippen LogP contribution in [0.2, 0.25) is 0 Å². The summed E-state index contributed by atoms with van der Waals surface area (Å²) in [4.78, 5) is 2.21. The van der Waals surface area contributed by atoms with Crippen LogP contribution in [0.3, 0.4) is 0 Å². The summed E-state index contributed by atoms with van der Waals surface area (Å²) in [6.45, 7) is 1.37. The Balaban J connectivity index is 1.18. The maximum atomic E-state index is 9.06. The minimum Gasteiger partial charge on any atom is -0.493 e. The molecule has 1 spiro atoms. The first kappa shape index (κ1) is 15.9. The van der Waals surface area contributed by atoms with E-state index in [0.29, 0.717) is 0 Å². The third kappa shape index (κ3) is 3.24. The number of ether oxygens (including phenoxy) is 1. The molecular weight excluding hydrogens is 360 g/mol. The van der Waals surface area contributed by atoms with Gasteiger partial charge < -0.3 is 15.0 Å². The molecule has 29 heavy (non-hydrogen) atoms. The van der Waals surface area contributed by atoms with Gasteiger partial charge in [-0.05, 0) is 60.9 Å². The Bertz CT molecular complexity index is 1050. The van der Waals surface area contributed by atoms with Gasteiger partial charge in [0.25, 0.3) is 0 Å². The normalized spacial score (nSPS) is 25.7. The van der Waals surface area contributed by atoms with E-state index >= 15 is 0 Å². The van der Waals surface area contributed by atoms with Crippen molar-refractivity contribution >= 4 is 11.4 Å². The average molecular weight is 388 g/mol. The molecule has 1 saturated heterocycles. The lowest BCUT2D eigenvalue weighted by atomic mass is 9.94. The number of aromatic nitrogens is 2. The second-order valence-corrected chi connectivity index (χ2v) is 8.64. The lowest BCUT2D eigenvalue weighted by molar-refractivity contribution is 0.300. The van der Waals surface area contributed by atoms with E-state index in [0.717, 1.165) is 60.2 Å². The molecule has 3 aliphatic rings. The van der Waals surface area contributed by atoms with E-state index in [1.807, 2.05) is 12.4 Å². The first-order valence-corrected chi connectivity index (χ1v) is 10.5. The van der Waals surface area contributed by atoms with E-state index in [2.05, 4.69) is 62.9 Å². The Hall–Kier alpha value is -2.95. The van der Waals surface area contributed by atoms with Crippen LogP contribution in [-0.2, 0) is 6.42 Å². The van der Waals surface area contributed by atoms with E-state index in [-0.39, 0.29) is 12.1 Å². The summed E-state index contributed by atoms with van der Waals surface area (Å²) in [6, 6.07) is 14.8. The van der Waals surface area contributed by atoms with Gasteiger partial charge in [0.2, 0.25) is 0 Å². The lowest BCUT2D eigenvalue weighted by Crippen LogP contribution is -2.39. The molecule has 0 amide bonds. The molecule has 148 valence electrons. The quantitative estimate of drug-likeness (QED) is 0.678. The topological polar surface area (TPSA) is 53.2 Å². The number of rotatable bonds is 5.